The van der Waals surface area contributed by atoms with Crippen LogP contribution in [0.3, 0.4) is 0 Å². The van der Waals surface area contributed by atoms with Crippen LogP contribution in [0.5, 0.6) is 0 Å². The van der Waals surface area contributed by atoms with E-state index in [1.807, 2.05) is 42.5 Å². The minimum atomic E-state index is 0.750. The van der Waals surface area contributed by atoms with Crippen LogP contribution in [0.25, 0.3) is 33.8 Å². The fourth-order valence-electron chi connectivity index (χ4n) is 2.67. The summed E-state index contributed by atoms with van der Waals surface area (Å²) in [4.78, 5) is 0. The third-order valence-corrected chi connectivity index (χ3v) is 5.12. The Hall–Kier alpha value is -1.54. The Bertz CT molecular complexity index is 970. The normalized spacial score (nSPS) is 10.9. The molecule has 0 spiro atoms. The van der Waals surface area contributed by atoms with Gasteiger partial charge in [0.2, 0.25) is 0 Å². The van der Waals surface area contributed by atoms with E-state index < -0.39 is 0 Å². The number of furan rings is 2. The molecule has 0 bridgehead atoms. The third kappa shape index (κ3) is 3.04. The summed E-state index contributed by atoms with van der Waals surface area (Å²) < 4.78 is 13.7. The first-order valence-corrected chi connectivity index (χ1v) is 9.58. The molecule has 0 atom stereocenters. The zero-order valence-corrected chi connectivity index (χ0v) is 16.8. The Kier molecular flexibility index (Phi) is 4.49. The van der Waals surface area contributed by atoms with Gasteiger partial charge in [-0.05, 0) is 45.9 Å². The van der Waals surface area contributed by atoms with Gasteiger partial charge in [0, 0.05) is 33.7 Å². The summed E-state index contributed by atoms with van der Waals surface area (Å²) in [5, 5.41) is 0. The Morgan fingerprint density at radius 2 is 1.21 bits per heavy atom. The maximum absolute atomic E-state index is 6.02. The molecule has 2 aromatic carbocycles. The molecule has 0 aliphatic heterocycles. The van der Waals surface area contributed by atoms with Crippen molar-refractivity contribution in [2.24, 2.45) is 0 Å². The van der Waals surface area contributed by atoms with Crippen LogP contribution in [0, 0.1) is 7.53 Å². The van der Waals surface area contributed by atoms with Crippen LogP contribution in [-0.4, -0.2) is 0 Å². The third-order valence-electron chi connectivity index (χ3n) is 3.78. The minimum absolute atomic E-state index is 0.750. The topological polar surface area (TPSA) is 26.3 Å². The molecule has 0 radical (unpaired) electrons. The fraction of sp³-hybridized carbons (Fsp3) is 0. The molecule has 0 amide bonds. The van der Waals surface area contributed by atoms with E-state index in [1.54, 1.807) is 0 Å². The second-order valence-corrected chi connectivity index (χ2v) is 7.37. The van der Waals surface area contributed by atoms with Crippen molar-refractivity contribution in [3.05, 3.63) is 80.3 Å². The van der Waals surface area contributed by atoms with Crippen LogP contribution in [-0.2, 0) is 0 Å². The number of benzene rings is 2. The molecule has 2 aromatic heterocycles. The van der Waals surface area contributed by atoms with Gasteiger partial charge in [-0.3, -0.25) is 0 Å². The van der Waals surface area contributed by atoms with Crippen molar-refractivity contribution < 1.29 is 8.83 Å². The van der Waals surface area contributed by atoms with E-state index in [1.165, 1.54) is 0 Å². The number of hydrogen-bond acceptors (Lipinski definition) is 2. The van der Waals surface area contributed by atoms with Crippen LogP contribution in [0.1, 0.15) is 0 Å². The monoisotopic (exact) mass is 538 g/mol. The Morgan fingerprint density at radius 1 is 0.625 bits per heavy atom. The van der Waals surface area contributed by atoms with Crippen LogP contribution < -0.4 is 0 Å². The zero-order valence-electron chi connectivity index (χ0n) is 12.5. The van der Waals surface area contributed by atoms with Crippen LogP contribution >= 0.6 is 45.2 Å². The van der Waals surface area contributed by atoms with Gasteiger partial charge in [0.15, 0.2) is 19.1 Å². The van der Waals surface area contributed by atoms with Crippen molar-refractivity contribution >= 4 is 45.2 Å². The van der Waals surface area contributed by atoms with Crippen LogP contribution in [0.4, 0.5) is 0 Å². The molecular formula is C20H12I2O2. The second-order valence-electron chi connectivity index (χ2n) is 5.32. The van der Waals surface area contributed by atoms with E-state index in [2.05, 4.69) is 75.5 Å². The molecule has 0 aliphatic carbocycles. The second kappa shape index (κ2) is 6.76. The van der Waals surface area contributed by atoms with E-state index in [0.29, 0.717) is 0 Å². The van der Waals surface area contributed by atoms with Gasteiger partial charge in [0.05, 0.1) is 0 Å². The van der Waals surface area contributed by atoms with E-state index >= 15 is 0 Å². The highest BCUT2D eigenvalue weighted by molar-refractivity contribution is 14.1. The molecule has 118 valence electrons. The molecule has 0 saturated carbocycles. The van der Waals surface area contributed by atoms with E-state index in [-0.39, 0.29) is 0 Å². The van der Waals surface area contributed by atoms with Crippen molar-refractivity contribution in [3.63, 3.8) is 0 Å². The minimum Gasteiger partial charge on any atom is -0.446 e. The molecule has 24 heavy (non-hydrogen) atoms. The highest BCUT2D eigenvalue weighted by Crippen LogP contribution is 2.40. The first kappa shape index (κ1) is 16.0. The van der Waals surface area contributed by atoms with Crippen molar-refractivity contribution in [2.45, 2.75) is 0 Å². The smallest absolute Gasteiger partial charge is 0.178 e. The Morgan fingerprint density at radius 3 is 1.83 bits per heavy atom. The lowest BCUT2D eigenvalue weighted by molar-refractivity contribution is 0.498. The van der Waals surface area contributed by atoms with Crippen molar-refractivity contribution in [3.8, 4) is 33.8 Å². The maximum Gasteiger partial charge on any atom is 0.178 e. The van der Waals surface area contributed by atoms with Gasteiger partial charge < -0.3 is 8.83 Å². The van der Waals surface area contributed by atoms with Crippen LogP contribution in [0.15, 0.2) is 81.6 Å². The lowest BCUT2D eigenvalue weighted by Gasteiger charge is -1.99. The Balaban J connectivity index is 1.84. The maximum atomic E-state index is 6.02. The van der Waals surface area contributed by atoms with Crippen molar-refractivity contribution in [1.29, 1.82) is 0 Å². The largest absolute Gasteiger partial charge is 0.446 e. The van der Waals surface area contributed by atoms with Gasteiger partial charge >= 0.3 is 0 Å². The number of rotatable bonds is 3. The van der Waals surface area contributed by atoms with Crippen molar-refractivity contribution in [1.82, 2.24) is 0 Å². The first-order valence-electron chi connectivity index (χ1n) is 7.42. The lowest BCUT2D eigenvalue weighted by atomic mass is 10.0. The average Bonchev–Trinajstić information content (AvgIpc) is 3.19. The zero-order chi connectivity index (χ0) is 16.5. The van der Waals surface area contributed by atoms with Crippen molar-refractivity contribution in [2.75, 3.05) is 0 Å². The van der Waals surface area contributed by atoms with E-state index in [0.717, 1.165) is 41.3 Å². The van der Waals surface area contributed by atoms with Crippen LogP contribution in [0.2, 0.25) is 0 Å². The standard InChI is InChI=1S/C20H12I2O2/c21-18-12-15(13-7-3-1-4-8-13)19(24-18)17-11-16(20(22)23-17)14-9-5-2-6-10-14/h1-12H. The van der Waals surface area contributed by atoms with Gasteiger partial charge in [0.25, 0.3) is 0 Å². The fourth-order valence-corrected chi connectivity index (χ4v) is 3.91. The molecule has 0 aliphatic rings. The summed E-state index contributed by atoms with van der Waals surface area (Å²) in [6.45, 7) is 0. The van der Waals surface area contributed by atoms with Gasteiger partial charge in [-0.1, -0.05) is 60.7 Å². The van der Waals surface area contributed by atoms with Gasteiger partial charge in [0.1, 0.15) is 0 Å². The highest BCUT2D eigenvalue weighted by Gasteiger charge is 2.19. The van der Waals surface area contributed by atoms with Gasteiger partial charge in [-0.2, -0.15) is 0 Å². The van der Waals surface area contributed by atoms with Gasteiger partial charge in [-0.15, -0.1) is 0 Å². The molecule has 4 rings (SSSR count). The molecule has 2 nitrogen and oxygen atoms in total. The van der Waals surface area contributed by atoms with E-state index in [9.17, 15) is 0 Å². The highest BCUT2D eigenvalue weighted by atomic mass is 127. The number of hydrogen-bond donors (Lipinski definition) is 0. The molecule has 0 saturated heterocycles. The average molecular weight is 538 g/mol. The van der Waals surface area contributed by atoms with Gasteiger partial charge in [-0.25, -0.2) is 0 Å². The molecular weight excluding hydrogens is 526 g/mol. The summed E-state index contributed by atoms with van der Waals surface area (Å²) in [5.41, 5.74) is 4.38. The molecule has 0 unspecified atom stereocenters. The number of halogens is 2. The quantitative estimate of drug-likeness (QED) is 0.261. The molecule has 2 heterocycles. The van der Waals surface area contributed by atoms with E-state index in [4.69, 9.17) is 8.83 Å². The summed E-state index contributed by atoms with van der Waals surface area (Å²) in [5.74, 6) is 1.52. The predicted molar refractivity (Wildman–Crippen MR) is 113 cm³/mol. The summed E-state index contributed by atoms with van der Waals surface area (Å²) >= 11 is 4.43. The first-order chi connectivity index (χ1) is 11.7. The molecule has 0 N–H and O–H groups in total. The Labute approximate surface area is 167 Å². The summed E-state index contributed by atoms with van der Waals surface area (Å²) in [6.07, 6.45) is 0. The SMILES string of the molecule is Ic1cc(-c2ccccc2)c(-c2cc(-c3ccccc3)c(I)o2)o1. The summed E-state index contributed by atoms with van der Waals surface area (Å²) in [6, 6.07) is 24.6. The predicted octanol–water partition coefficient (Wildman–Crippen LogP) is 7.08. The summed E-state index contributed by atoms with van der Waals surface area (Å²) in [7, 11) is 0. The molecule has 4 heteroatoms. The molecule has 0 fully saturated rings. The lowest BCUT2D eigenvalue weighted by Crippen LogP contribution is -1.77. The molecule has 4 aromatic rings.